The summed E-state index contributed by atoms with van der Waals surface area (Å²) in [6.45, 7) is 1.56. The van der Waals surface area contributed by atoms with E-state index in [0.29, 0.717) is 5.75 Å². The Morgan fingerprint density at radius 1 is 1.10 bits per heavy atom. The number of nitrogens with one attached hydrogen (secondary N) is 1. The average molecular weight is 418 g/mol. The lowest BCUT2D eigenvalue weighted by atomic mass is 10.1. The minimum atomic E-state index is -1.03. The Hall–Kier alpha value is -3.82. The first-order valence-electron chi connectivity index (χ1n) is 8.95. The molecule has 0 unspecified atom stereocenters. The van der Waals surface area contributed by atoms with Gasteiger partial charge in [0.15, 0.2) is 18.1 Å². The van der Waals surface area contributed by atoms with Crippen molar-refractivity contribution in [2.45, 2.75) is 13.5 Å². The van der Waals surface area contributed by atoms with Crippen LogP contribution in [-0.4, -0.2) is 44.2 Å². The van der Waals surface area contributed by atoms with Gasteiger partial charge in [0.2, 0.25) is 0 Å². The quantitative estimate of drug-likeness (QED) is 0.354. The van der Waals surface area contributed by atoms with Crippen LogP contribution in [0.5, 0.6) is 17.2 Å². The maximum Gasteiger partial charge on any atom is 0.345 e. The van der Waals surface area contributed by atoms with Crippen molar-refractivity contribution in [3.8, 4) is 17.2 Å². The smallest absolute Gasteiger partial charge is 0.345 e. The molecule has 0 aliphatic carbocycles. The molecule has 160 valence electrons. The molecule has 0 fully saturated rings. The lowest BCUT2D eigenvalue weighted by molar-refractivity contribution is -0.385. The number of ether oxygens (including phenoxy) is 4. The Labute approximate surface area is 172 Å². The van der Waals surface area contributed by atoms with Crippen LogP contribution < -0.4 is 19.5 Å². The van der Waals surface area contributed by atoms with Crippen LogP contribution in [0.4, 0.5) is 5.69 Å². The molecule has 10 nitrogen and oxygen atoms in total. The number of benzene rings is 2. The highest BCUT2D eigenvalue weighted by Crippen LogP contribution is 2.35. The molecule has 30 heavy (non-hydrogen) atoms. The molecular formula is C20H22N2O8. The first-order chi connectivity index (χ1) is 14.4. The van der Waals surface area contributed by atoms with Crippen molar-refractivity contribution in [3.05, 3.63) is 57.6 Å². The van der Waals surface area contributed by atoms with Gasteiger partial charge in [-0.25, -0.2) is 4.79 Å². The molecule has 0 saturated carbocycles. The van der Waals surface area contributed by atoms with E-state index in [0.717, 1.165) is 17.7 Å². The molecule has 0 radical (unpaired) electrons. The fraction of sp³-hybridized carbons (Fsp3) is 0.300. The van der Waals surface area contributed by atoms with Gasteiger partial charge in [0.1, 0.15) is 11.3 Å². The number of esters is 1. The predicted octanol–water partition coefficient (Wildman–Crippen LogP) is 2.48. The lowest BCUT2D eigenvalue weighted by Gasteiger charge is -2.12. The number of carbonyl (C=O) groups excluding carboxylic acids is 2. The Balaban J connectivity index is 2.04. The van der Waals surface area contributed by atoms with Crippen LogP contribution in [-0.2, 0) is 16.1 Å². The second kappa shape index (κ2) is 10.6. The van der Waals surface area contributed by atoms with Crippen LogP contribution in [0.3, 0.4) is 0 Å². The summed E-state index contributed by atoms with van der Waals surface area (Å²) in [7, 11) is 2.87. The van der Waals surface area contributed by atoms with Gasteiger partial charge in [-0.05, 0) is 24.6 Å². The molecule has 2 rings (SSSR count). The average Bonchev–Trinajstić information content (AvgIpc) is 2.75. The number of carbonyl (C=O) groups is 2. The van der Waals surface area contributed by atoms with E-state index in [2.05, 4.69) is 5.32 Å². The highest BCUT2D eigenvalue weighted by molar-refractivity contribution is 5.96. The van der Waals surface area contributed by atoms with Gasteiger partial charge in [0, 0.05) is 12.6 Å². The summed E-state index contributed by atoms with van der Waals surface area (Å²) in [6, 6.07) is 9.33. The number of nitrogens with zero attached hydrogens (tertiary/aromatic N) is 1. The standard InChI is InChI=1S/C20H22N2O8/c1-4-29-18-10-16(22(25)26)15(9-17(18)28-3)20(24)30-12-19(23)21-11-13-6-5-7-14(8-13)27-2/h5-10H,4,11-12H2,1-3H3,(H,21,23). The Bertz CT molecular complexity index is 929. The van der Waals surface area contributed by atoms with Crippen LogP contribution in [0.25, 0.3) is 0 Å². The van der Waals surface area contributed by atoms with Gasteiger partial charge >= 0.3 is 5.97 Å². The third kappa shape index (κ3) is 5.84. The van der Waals surface area contributed by atoms with Crippen LogP contribution in [0.2, 0.25) is 0 Å². The van der Waals surface area contributed by atoms with Crippen molar-refractivity contribution in [3.63, 3.8) is 0 Å². The molecule has 0 atom stereocenters. The fourth-order valence-corrected chi connectivity index (χ4v) is 2.53. The zero-order valence-electron chi connectivity index (χ0n) is 16.8. The molecule has 1 amide bonds. The molecule has 0 aliphatic rings. The number of methoxy groups -OCH3 is 2. The second-order valence-electron chi connectivity index (χ2n) is 5.91. The Morgan fingerprint density at radius 2 is 1.87 bits per heavy atom. The van der Waals surface area contributed by atoms with Gasteiger partial charge in [0.25, 0.3) is 11.6 Å². The summed E-state index contributed by atoms with van der Waals surface area (Å²) < 4.78 is 20.4. The van der Waals surface area contributed by atoms with E-state index < -0.39 is 29.1 Å². The molecule has 0 bridgehead atoms. The van der Waals surface area contributed by atoms with Crippen molar-refractivity contribution >= 4 is 17.6 Å². The lowest BCUT2D eigenvalue weighted by Crippen LogP contribution is -2.28. The van der Waals surface area contributed by atoms with Crippen LogP contribution in [0, 0.1) is 10.1 Å². The van der Waals surface area contributed by atoms with Gasteiger partial charge in [-0.15, -0.1) is 0 Å². The monoisotopic (exact) mass is 418 g/mol. The van der Waals surface area contributed by atoms with E-state index in [1.54, 1.807) is 31.2 Å². The van der Waals surface area contributed by atoms with E-state index in [4.69, 9.17) is 18.9 Å². The van der Waals surface area contributed by atoms with Gasteiger partial charge in [0.05, 0.1) is 31.8 Å². The maximum absolute atomic E-state index is 12.3. The van der Waals surface area contributed by atoms with E-state index in [-0.39, 0.29) is 30.2 Å². The molecule has 2 aromatic carbocycles. The topological polar surface area (TPSA) is 126 Å². The highest BCUT2D eigenvalue weighted by atomic mass is 16.6. The van der Waals surface area contributed by atoms with Crippen LogP contribution in [0.1, 0.15) is 22.8 Å². The Kier molecular flexibility index (Phi) is 7.98. The van der Waals surface area contributed by atoms with Crippen molar-refractivity contribution < 1.29 is 33.5 Å². The summed E-state index contributed by atoms with van der Waals surface area (Å²) in [4.78, 5) is 34.9. The van der Waals surface area contributed by atoms with Gasteiger partial charge < -0.3 is 24.3 Å². The van der Waals surface area contributed by atoms with Crippen molar-refractivity contribution in [1.82, 2.24) is 5.32 Å². The van der Waals surface area contributed by atoms with Gasteiger partial charge in [-0.1, -0.05) is 12.1 Å². The number of rotatable bonds is 10. The normalized spacial score (nSPS) is 10.1. The number of nitro groups is 1. The summed E-state index contributed by atoms with van der Waals surface area (Å²) in [5, 5.41) is 13.9. The molecule has 10 heteroatoms. The summed E-state index contributed by atoms with van der Waals surface area (Å²) in [5.41, 5.74) is -0.0668. The maximum atomic E-state index is 12.3. The van der Waals surface area contributed by atoms with Crippen LogP contribution in [0.15, 0.2) is 36.4 Å². The SMILES string of the molecule is CCOc1cc([N+](=O)[O-])c(C(=O)OCC(=O)NCc2cccc(OC)c2)cc1OC. The first-order valence-corrected chi connectivity index (χ1v) is 8.95. The van der Waals surface area contributed by atoms with E-state index >= 15 is 0 Å². The molecule has 0 aromatic heterocycles. The summed E-state index contributed by atoms with van der Waals surface area (Å²) >= 11 is 0. The molecule has 0 aliphatic heterocycles. The Morgan fingerprint density at radius 3 is 2.50 bits per heavy atom. The van der Waals surface area contributed by atoms with Crippen LogP contribution >= 0.6 is 0 Å². The summed E-state index contributed by atoms with van der Waals surface area (Å²) in [5.74, 6) is -0.688. The molecule has 0 spiro atoms. The molecule has 0 heterocycles. The third-order valence-electron chi connectivity index (χ3n) is 3.96. The number of nitro benzene ring substituents is 1. The minimum Gasteiger partial charge on any atom is -0.497 e. The molecule has 2 aromatic rings. The van der Waals surface area contributed by atoms with E-state index in [1.165, 1.54) is 14.2 Å². The zero-order valence-corrected chi connectivity index (χ0v) is 16.8. The molecule has 0 saturated heterocycles. The number of amides is 1. The van der Waals surface area contributed by atoms with Crippen molar-refractivity contribution in [2.24, 2.45) is 0 Å². The fourth-order valence-electron chi connectivity index (χ4n) is 2.53. The minimum absolute atomic E-state index is 0.124. The van der Waals surface area contributed by atoms with Gasteiger partial charge in [-0.3, -0.25) is 14.9 Å². The number of hydrogen-bond donors (Lipinski definition) is 1. The molecular weight excluding hydrogens is 396 g/mol. The third-order valence-corrected chi connectivity index (χ3v) is 3.96. The van der Waals surface area contributed by atoms with E-state index in [9.17, 15) is 19.7 Å². The predicted molar refractivity (Wildman–Crippen MR) is 106 cm³/mol. The largest absolute Gasteiger partial charge is 0.497 e. The van der Waals surface area contributed by atoms with Crippen molar-refractivity contribution in [1.29, 1.82) is 0 Å². The zero-order chi connectivity index (χ0) is 22.1. The second-order valence-corrected chi connectivity index (χ2v) is 5.91. The molecule has 1 N–H and O–H groups in total. The summed E-state index contributed by atoms with van der Waals surface area (Å²) in [6.07, 6.45) is 0. The van der Waals surface area contributed by atoms with Gasteiger partial charge in [-0.2, -0.15) is 0 Å². The van der Waals surface area contributed by atoms with Crippen molar-refractivity contribution in [2.75, 3.05) is 27.4 Å². The van der Waals surface area contributed by atoms with E-state index in [1.807, 2.05) is 0 Å². The number of hydrogen-bond acceptors (Lipinski definition) is 8. The first kappa shape index (κ1) is 22.5. The highest BCUT2D eigenvalue weighted by Gasteiger charge is 2.26.